The molecule has 5 atom stereocenters. The Morgan fingerprint density at radius 2 is 1.91 bits per heavy atom. The summed E-state index contributed by atoms with van der Waals surface area (Å²) < 4.78 is 56.7. The van der Waals surface area contributed by atoms with Crippen LogP contribution in [0.4, 0.5) is 4.79 Å². The van der Waals surface area contributed by atoms with Crippen LogP contribution in [0.1, 0.15) is 59.3 Å². The standard InChI is InChI=1S/C38H46N6O11S/c1-37(2,3)55-36(48)41-28-12-15-52-14-6-5-7-23-20-38(23,35(47)43-56(49,50)26-9-10-26)42-31(45)30-19-25(21-44(30)34(28)46)54-32-27-11-8-24(51-4)17-22(27)18-29(40-32)33-39-13-16-53-33/h5,7-8,11,13,16-18,23,25-26,28,30H,6,9-10,12,14-15,19-21H2,1-4H3,(H,41,48)(H,42,45)(H,43,47)/t23-,25?,28+,30+,38-/m1/s1. The van der Waals surface area contributed by atoms with Crippen LogP contribution in [0.25, 0.3) is 22.4 Å². The number of nitrogens with one attached hydrogen (secondary N) is 3. The highest BCUT2D eigenvalue weighted by molar-refractivity contribution is 7.91. The molecule has 3 fully saturated rings. The molecule has 17 nitrogen and oxygen atoms in total. The molecule has 3 N–H and O–H groups in total. The summed E-state index contributed by atoms with van der Waals surface area (Å²) in [5, 5.41) is 6.16. The Kier molecular flexibility index (Phi) is 10.7. The second-order valence-corrected chi connectivity index (χ2v) is 17.4. The topological polar surface area (TPSA) is 218 Å². The van der Waals surface area contributed by atoms with Gasteiger partial charge < -0.3 is 38.9 Å². The van der Waals surface area contributed by atoms with E-state index in [0.717, 1.165) is 0 Å². The fourth-order valence-electron chi connectivity index (χ4n) is 7.00. The van der Waals surface area contributed by atoms with Crippen LogP contribution in [0.2, 0.25) is 0 Å². The van der Waals surface area contributed by atoms with Gasteiger partial charge in [0.1, 0.15) is 47.0 Å². The average molecular weight is 795 g/mol. The number of pyridine rings is 1. The van der Waals surface area contributed by atoms with E-state index in [0.29, 0.717) is 41.5 Å². The van der Waals surface area contributed by atoms with E-state index in [9.17, 15) is 27.6 Å². The summed E-state index contributed by atoms with van der Waals surface area (Å²) in [6, 6.07) is 4.75. The van der Waals surface area contributed by atoms with E-state index in [-0.39, 0.29) is 50.8 Å². The molecular formula is C38H46N6O11S. The zero-order chi connectivity index (χ0) is 39.8. The van der Waals surface area contributed by atoms with Gasteiger partial charge in [0.05, 0.1) is 31.7 Å². The van der Waals surface area contributed by atoms with Crippen LogP contribution in [0, 0.1) is 5.92 Å². The van der Waals surface area contributed by atoms with Crippen molar-refractivity contribution in [2.45, 2.75) is 93.9 Å². The summed E-state index contributed by atoms with van der Waals surface area (Å²) in [6.45, 7) is 5.36. The predicted molar refractivity (Wildman–Crippen MR) is 200 cm³/mol. The summed E-state index contributed by atoms with van der Waals surface area (Å²) in [5.41, 5.74) is -2.05. The number of oxazole rings is 1. The summed E-state index contributed by atoms with van der Waals surface area (Å²) in [6.07, 6.45) is 6.40. The van der Waals surface area contributed by atoms with Crippen LogP contribution >= 0.6 is 0 Å². The maximum Gasteiger partial charge on any atom is 0.408 e. The monoisotopic (exact) mass is 794 g/mol. The highest BCUT2D eigenvalue weighted by Gasteiger charge is 2.62. The zero-order valence-corrected chi connectivity index (χ0v) is 32.4. The first-order valence-corrected chi connectivity index (χ1v) is 20.2. The van der Waals surface area contributed by atoms with Crippen LogP contribution < -0.4 is 24.8 Å². The van der Waals surface area contributed by atoms with Crippen molar-refractivity contribution < 1.29 is 51.0 Å². The molecule has 0 bridgehead atoms. The minimum atomic E-state index is -3.93. The lowest BCUT2D eigenvalue weighted by molar-refractivity contribution is -0.141. The van der Waals surface area contributed by atoms with Gasteiger partial charge in [0.2, 0.25) is 33.6 Å². The molecule has 1 unspecified atom stereocenters. The van der Waals surface area contributed by atoms with Crippen LogP contribution in [-0.2, 0) is 33.9 Å². The third-order valence-corrected chi connectivity index (χ3v) is 11.9. The molecule has 3 aromatic rings. The van der Waals surface area contributed by atoms with Crippen molar-refractivity contribution in [3.63, 3.8) is 0 Å². The van der Waals surface area contributed by atoms with E-state index in [1.165, 1.54) is 17.4 Å². The Morgan fingerprint density at radius 1 is 1.11 bits per heavy atom. The smallest absolute Gasteiger partial charge is 0.408 e. The van der Waals surface area contributed by atoms with E-state index in [1.54, 1.807) is 58.2 Å². The van der Waals surface area contributed by atoms with E-state index >= 15 is 0 Å². The highest BCUT2D eigenvalue weighted by Crippen LogP contribution is 2.46. The van der Waals surface area contributed by atoms with Crippen molar-refractivity contribution in [2.75, 3.05) is 26.9 Å². The number of amides is 4. The number of rotatable bonds is 8. The third kappa shape index (κ3) is 8.60. The van der Waals surface area contributed by atoms with Crippen molar-refractivity contribution in [1.29, 1.82) is 0 Å². The van der Waals surface area contributed by atoms with Crippen molar-refractivity contribution >= 4 is 44.6 Å². The quantitative estimate of drug-likeness (QED) is 0.280. The van der Waals surface area contributed by atoms with Gasteiger partial charge in [-0.2, -0.15) is 0 Å². The minimum Gasteiger partial charge on any atom is -0.497 e. The van der Waals surface area contributed by atoms with Gasteiger partial charge in [-0.3, -0.25) is 19.1 Å². The first kappa shape index (κ1) is 39.0. The molecule has 4 heterocycles. The number of fused-ring (bicyclic) bond motifs is 3. The number of benzene rings is 1. The molecule has 7 rings (SSSR count). The average Bonchev–Trinajstić information content (AvgIpc) is 4.00. The molecule has 2 aromatic heterocycles. The largest absolute Gasteiger partial charge is 0.497 e. The van der Waals surface area contributed by atoms with Gasteiger partial charge in [-0.15, -0.1) is 0 Å². The van der Waals surface area contributed by atoms with Crippen molar-refractivity contribution in [3.05, 3.63) is 48.9 Å². The number of ether oxygens (including phenoxy) is 4. The molecule has 2 aliphatic carbocycles. The number of methoxy groups -OCH3 is 1. The number of sulfonamides is 1. The molecule has 4 amide bonds. The number of alkyl carbamates (subject to hydrolysis) is 1. The molecule has 4 aliphatic rings. The SMILES string of the molecule is COc1ccc2c(OC3C[C@H]4C(=O)N[C@]5(C(=O)NS(=O)(=O)C6CC6)C[C@H]5C=CCCOCC[C@H](NC(=O)OC(C)(C)C)C(=O)N4C3)nc(-c3ncco3)cc2c1. The molecule has 300 valence electrons. The lowest BCUT2D eigenvalue weighted by Gasteiger charge is -2.30. The van der Waals surface area contributed by atoms with E-state index in [4.69, 9.17) is 28.3 Å². The van der Waals surface area contributed by atoms with Gasteiger partial charge >= 0.3 is 6.09 Å². The van der Waals surface area contributed by atoms with Crippen molar-refractivity contribution in [2.24, 2.45) is 5.92 Å². The second-order valence-electron chi connectivity index (χ2n) is 15.5. The summed E-state index contributed by atoms with van der Waals surface area (Å²) in [4.78, 5) is 66.0. The van der Waals surface area contributed by atoms with Crippen LogP contribution in [-0.4, -0.2) is 109 Å². The summed E-state index contributed by atoms with van der Waals surface area (Å²) >= 11 is 0. The maximum atomic E-state index is 14.5. The Labute approximate surface area is 323 Å². The second kappa shape index (κ2) is 15.4. The summed E-state index contributed by atoms with van der Waals surface area (Å²) in [5.74, 6) is -1.61. The van der Waals surface area contributed by atoms with Gasteiger partial charge in [-0.25, -0.2) is 23.2 Å². The lowest BCUT2D eigenvalue weighted by Crippen LogP contribution is -2.58. The molecule has 0 spiro atoms. The van der Waals surface area contributed by atoms with Gasteiger partial charge in [-0.05, 0) is 76.1 Å². The van der Waals surface area contributed by atoms with Crippen molar-refractivity contribution in [1.82, 2.24) is 30.2 Å². The molecule has 2 saturated carbocycles. The van der Waals surface area contributed by atoms with Crippen LogP contribution in [0.3, 0.4) is 0 Å². The Hall–Kier alpha value is -5.23. The van der Waals surface area contributed by atoms with Crippen LogP contribution in [0.5, 0.6) is 11.6 Å². The normalized spacial score (nSPS) is 25.9. The van der Waals surface area contributed by atoms with Crippen molar-refractivity contribution in [3.8, 4) is 23.2 Å². The molecule has 56 heavy (non-hydrogen) atoms. The van der Waals surface area contributed by atoms with Gasteiger partial charge in [-0.1, -0.05) is 12.2 Å². The predicted octanol–water partition coefficient (Wildman–Crippen LogP) is 2.99. The number of hydrogen-bond donors (Lipinski definition) is 3. The van der Waals surface area contributed by atoms with E-state index in [2.05, 4.69) is 20.3 Å². The van der Waals surface area contributed by atoms with Gasteiger partial charge in [0, 0.05) is 30.8 Å². The van der Waals surface area contributed by atoms with Gasteiger partial charge in [0.25, 0.3) is 5.91 Å². The third-order valence-electron chi connectivity index (χ3n) is 10.1. The van der Waals surface area contributed by atoms with Gasteiger partial charge in [0.15, 0.2) is 0 Å². The Bertz CT molecular complexity index is 2130. The highest BCUT2D eigenvalue weighted by atomic mass is 32.2. The molecule has 18 heteroatoms. The fourth-order valence-corrected chi connectivity index (χ4v) is 8.37. The number of carbonyl (C=O) groups is 4. The molecule has 2 aliphatic heterocycles. The number of hydrogen-bond acceptors (Lipinski definition) is 13. The zero-order valence-electron chi connectivity index (χ0n) is 31.6. The first-order chi connectivity index (χ1) is 26.7. The lowest BCUT2D eigenvalue weighted by atomic mass is 10.1. The molecule has 1 saturated heterocycles. The number of carbonyl (C=O) groups excluding carboxylic acids is 4. The Morgan fingerprint density at radius 3 is 2.62 bits per heavy atom. The summed E-state index contributed by atoms with van der Waals surface area (Å²) in [7, 11) is -2.38. The first-order valence-electron chi connectivity index (χ1n) is 18.6. The number of aromatic nitrogens is 2. The molecular weight excluding hydrogens is 749 g/mol. The van der Waals surface area contributed by atoms with E-state index in [1.807, 2.05) is 6.08 Å². The molecule has 0 radical (unpaired) electrons. The molecule has 1 aromatic carbocycles. The van der Waals surface area contributed by atoms with Crippen LogP contribution in [0.15, 0.2) is 53.3 Å². The minimum absolute atomic E-state index is 0.0334. The fraction of sp³-hybridized carbons (Fsp3) is 0.526. The number of nitrogens with zero attached hydrogens (tertiary/aromatic N) is 3. The maximum absolute atomic E-state index is 14.5. The Balaban J connectivity index is 1.22. The van der Waals surface area contributed by atoms with E-state index < -0.39 is 74.3 Å².